The molecule has 1 saturated carbocycles. The van der Waals surface area contributed by atoms with Gasteiger partial charge in [-0.1, -0.05) is 11.6 Å². The highest BCUT2D eigenvalue weighted by atomic mass is 35.5. The van der Waals surface area contributed by atoms with Crippen LogP contribution < -0.4 is 15.6 Å². The Kier molecular flexibility index (Phi) is 5.81. The highest BCUT2D eigenvalue weighted by Gasteiger charge is 2.32. The molecule has 2 aromatic rings. The fourth-order valence-corrected chi connectivity index (χ4v) is 4.53. The number of amides is 1. The maximum absolute atomic E-state index is 15.1. The van der Waals surface area contributed by atoms with Crippen LogP contribution in [0.2, 0.25) is 5.02 Å². The van der Waals surface area contributed by atoms with E-state index in [1.54, 1.807) is 9.47 Å². The van der Waals surface area contributed by atoms with Crippen LogP contribution in [0.5, 0.6) is 0 Å². The SMILES string of the molecule is O=C(O)CCC(=O)NC1CCN(c2c(F)cc3c(=O)c(C(=O)O)cn(C4CC4)c3c2Cl)C1. The molecule has 2 fully saturated rings. The number of aliphatic carboxylic acids is 1. The molecule has 0 bridgehead atoms. The van der Waals surface area contributed by atoms with E-state index < -0.39 is 34.7 Å². The molecule has 1 aromatic heterocycles. The number of halogens is 2. The first-order chi connectivity index (χ1) is 15.2. The molecule has 32 heavy (non-hydrogen) atoms. The van der Waals surface area contributed by atoms with Gasteiger partial charge in [0.15, 0.2) is 0 Å². The third kappa shape index (κ3) is 4.14. The minimum absolute atomic E-state index is 0.00754. The van der Waals surface area contributed by atoms with Crippen LogP contribution in [0.15, 0.2) is 17.1 Å². The van der Waals surface area contributed by atoms with Crippen LogP contribution in [0.1, 0.15) is 48.5 Å². The number of anilines is 1. The molecular weight excluding hydrogens is 445 g/mol. The molecule has 0 spiro atoms. The number of carboxylic acid groups (broad SMARTS) is 2. The van der Waals surface area contributed by atoms with Gasteiger partial charge in [0.25, 0.3) is 0 Å². The fraction of sp³-hybridized carbons (Fsp3) is 0.429. The summed E-state index contributed by atoms with van der Waals surface area (Å²) in [6, 6.07) is 0.720. The lowest BCUT2D eigenvalue weighted by molar-refractivity contribution is -0.138. The third-order valence-electron chi connectivity index (χ3n) is 5.79. The van der Waals surface area contributed by atoms with Crippen molar-refractivity contribution in [2.24, 2.45) is 0 Å². The second kappa shape index (κ2) is 8.42. The molecule has 1 saturated heterocycles. The van der Waals surface area contributed by atoms with E-state index in [0.717, 1.165) is 18.9 Å². The largest absolute Gasteiger partial charge is 0.481 e. The first-order valence-corrected chi connectivity index (χ1v) is 10.6. The van der Waals surface area contributed by atoms with Gasteiger partial charge >= 0.3 is 11.9 Å². The molecule has 0 radical (unpaired) electrons. The van der Waals surface area contributed by atoms with E-state index in [0.29, 0.717) is 18.5 Å². The summed E-state index contributed by atoms with van der Waals surface area (Å²) < 4.78 is 16.8. The number of hydrogen-bond acceptors (Lipinski definition) is 5. The number of fused-ring (bicyclic) bond motifs is 1. The highest BCUT2D eigenvalue weighted by Crippen LogP contribution is 2.42. The Labute approximate surface area is 186 Å². The molecule has 2 aliphatic rings. The number of pyridine rings is 1. The number of rotatable bonds is 7. The zero-order chi connectivity index (χ0) is 23.2. The molecule has 2 heterocycles. The van der Waals surface area contributed by atoms with Gasteiger partial charge in [-0.3, -0.25) is 14.4 Å². The lowest BCUT2D eigenvalue weighted by atomic mass is 10.1. The number of nitrogens with one attached hydrogen (secondary N) is 1. The summed E-state index contributed by atoms with van der Waals surface area (Å²) in [5.41, 5.74) is -0.826. The first kappa shape index (κ1) is 22.1. The number of aromatic carboxylic acids is 1. The van der Waals surface area contributed by atoms with Crippen LogP contribution in [-0.4, -0.2) is 51.8 Å². The van der Waals surface area contributed by atoms with E-state index in [1.165, 1.54) is 6.20 Å². The molecule has 1 aliphatic heterocycles. The first-order valence-electron chi connectivity index (χ1n) is 10.2. The maximum atomic E-state index is 15.1. The van der Waals surface area contributed by atoms with Crippen LogP contribution >= 0.6 is 11.6 Å². The van der Waals surface area contributed by atoms with Gasteiger partial charge in [-0.15, -0.1) is 0 Å². The van der Waals surface area contributed by atoms with Gasteiger partial charge in [-0.25, -0.2) is 9.18 Å². The Hall–Kier alpha value is -3.14. The molecule has 1 atom stereocenters. The molecule has 1 unspecified atom stereocenters. The molecule has 1 amide bonds. The monoisotopic (exact) mass is 465 g/mol. The Morgan fingerprint density at radius 2 is 1.91 bits per heavy atom. The van der Waals surface area contributed by atoms with Crippen molar-refractivity contribution in [3.63, 3.8) is 0 Å². The van der Waals surface area contributed by atoms with Crippen molar-refractivity contribution in [2.45, 2.75) is 44.2 Å². The van der Waals surface area contributed by atoms with Crippen LogP contribution in [-0.2, 0) is 9.59 Å². The smallest absolute Gasteiger partial charge is 0.341 e. The van der Waals surface area contributed by atoms with Gasteiger partial charge in [-0.05, 0) is 25.3 Å². The summed E-state index contributed by atoms with van der Waals surface area (Å²) in [5, 5.41) is 20.8. The van der Waals surface area contributed by atoms with Gasteiger partial charge in [0.2, 0.25) is 11.3 Å². The molecule has 3 N–H and O–H groups in total. The fourth-order valence-electron chi connectivity index (χ4n) is 4.12. The van der Waals surface area contributed by atoms with E-state index in [4.69, 9.17) is 16.7 Å². The van der Waals surface area contributed by atoms with Crippen molar-refractivity contribution in [1.29, 1.82) is 0 Å². The number of carboxylic acids is 2. The predicted octanol–water partition coefficient (Wildman–Crippen LogP) is 2.39. The maximum Gasteiger partial charge on any atom is 0.341 e. The Morgan fingerprint density at radius 3 is 2.53 bits per heavy atom. The average molecular weight is 466 g/mol. The molecule has 1 aromatic carbocycles. The van der Waals surface area contributed by atoms with E-state index in [9.17, 15) is 24.3 Å². The van der Waals surface area contributed by atoms with Crippen molar-refractivity contribution >= 4 is 46.0 Å². The third-order valence-corrected chi connectivity index (χ3v) is 6.15. The summed E-state index contributed by atoms with van der Waals surface area (Å²) >= 11 is 6.60. The number of aromatic nitrogens is 1. The minimum atomic E-state index is -1.38. The summed E-state index contributed by atoms with van der Waals surface area (Å²) in [5.74, 6) is -3.59. The van der Waals surface area contributed by atoms with Gasteiger partial charge in [-0.2, -0.15) is 0 Å². The summed E-state index contributed by atoms with van der Waals surface area (Å²) in [6.45, 7) is 0.661. The lowest BCUT2D eigenvalue weighted by Crippen LogP contribution is -2.37. The molecule has 11 heteroatoms. The molecular formula is C21H21ClFN3O6. The van der Waals surface area contributed by atoms with Crippen LogP contribution in [0.25, 0.3) is 10.9 Å². The second-order valence-electron chi connectivity index (χ2n) is 8.13. The summed E-state index contributed by atoms with van der Waals surface area (Å²) in [7, 11) is 0. The number of carbonyl (C=O) groups excluding carboxylic acids is 1. The quantitative estimate of drug-likeness (QED) is 0.572. The highest BCUT2D eigenvalue weighted by molar-refractivity contribution is 6.38. The van der Waals surface area contributed by atoms with Gasteiger partial charge in [0.1, 0.15) is 11.4 Å². The van der Waals surface area contributed by atoms with Crippen molar-refractivity contribution in [2.75, 3.05) is 18.0 Å². The van der Waals surface area contributed by atoms with Crippen LogP contribution in [0.4, 0.5) is 10.1 Å². The number of carbonyl (C=O) groups is 3. The zero-order valence-corrected chi connectivity index (χ0v) is 17.7. The standard InChI is InChI=1S/C21H21ClFN3O6/c22-17-18-12(20(30)13(21(31)32)9-26(18)11-1-2-11)7-14(23)19(17)25-6-5-10(8-25)24-15(27)3-4-16(28)29/h7,9-11H,1-6,8H2,(H,24,27)(H,28,29)(H,31,32). The van der Waals surface area contributed by atoms with E-state index in [2.05, 4.69) is 5.32 Å². The predicted molar refractivity (Wildman–Crippen MR) is 114 cm³/mol. The normalized spacial score (nSPS) is 18.2. The molecule has 1 aliphatic carbocycles. The Balaban J connectivity index is 1.67. The number of benzene rings is 1. The Morgan fingerprint density at radius 1 is 1.19 bits per heavy atom. The van der Waals surface area contributed by atoms with E-state index >= 15 is 4.39 Å². The van der Waals surface area contributed by atoms with Gasteiger partial charge < -0.3 is 25.0 Å². The van der Waals surface area contributed by atoms with E-state index in [1.807, 2.05) is 0 Å². The van der Waals surface area contributed by atoms with Crippen molar-refractivity contribution in [1.82, 2.24) is 9.88 Å². The van der Waals surface area contributed by atoms with Gasteiger partial charge in [0.05, 0.1) is 28.0 Å². The minimum Gasteiger partial charge on any atom is -0.481 e. The number of nitrogens with zero attached hydrogens (tertiary/aromatic N) is 2. The van der Waals surface area contributed by atoms with Crippen LogP contribution in [0.3, 0.4) is 0 Å². The van der Waals surface area contributed by atoms with Crippen molar-refractivity contribution < 1.29 is 29.0 Å². The topological polar surface area (TPSA) is 129 Å². The van der Waals surface area contributed by atoms with E-state index in [-0.39, 0.29) is 47.6 Å². The zero-order valence-electron chi connectivity index (χ0n) is 16.9. The van der Waals surface area contributed by atoms with Crippen molar-refractivity contribution in [3.05, 3.63) is 38.9 Å². The van der Waals surface area contributed by atoms with Crippen molar-refractivity contribution in [3.8, 4) is 0 Å². The summed E-state index contributed by atoms with van der Waals surface area (Å²) in [6.07, 6.45) is 2.97. The molecule has 9 nitrogen and oxygen atoms in total. The molecule has 4 rings (SSSR count). The lowest BCUT2D eigenvalue weighted by Gasteiger charge is -2.23. The van der Waals surface area contributed by atoms with Gasteiger partial charge in [0, 0.05) is 37.8 Å². The second-order valence-corrected chi connectivity index (χ2v) is 8.50. The van der Waals surface area contributed by atoms with Crippen LogP contribution in [0, 0.1) is 5.82 Å². The number of hydrogen-bond donors (Lipinski definition) is 3. The summed E-state index contributed by atoms with van der Waals surface area (Å²) in [4.78, 5) is 48.4. The Bertz CT molecular complexity index is 1190. The average Bonchev–Trinajstić information content (AvgIpc) is 3.47. The molecule has 170 valence electrons.